The highest BCUT2D eigenvalue weighted by Crippen LogP contribution is 2.40. The molecule has 0 bridgehead atoms. The lowest BCUT2D eigenvalue weighted by Gasteiger charge is -2.35. The molecule has 1 spiro atoms. The molecule has 1 atom stereocenters. The molecule has 1 aliphatic carbocycles. The Morgan fingerprint density at radius 3 is 2.77 bits per heavy atom. The van der Waals surface area contributed by atoms with E-state index in [9.17, 15) is 14.4 Å². The molecule has 1 saturated carbocycles. The van der Waals surface area contributed by atoms with Crippen molar-refractivity contribution in [2.24, 2.45) is 0 Å². The topological polar surface area (TPSA) is 69.7 Å². The molecular weight excluding hydrogens is 418 g/mol. The number of nitrogens with one attached hydrogen (secondary N) is 1. The highest BCUT2D eigenvalue weighted by Gasteiger charge is 2.52. The smallest absolute Gasteiger partial charge is 0.325 e. The number of hydrogen-bond acceptors (Lipinski definition) is 5. The minimum absolute atomic E-state index is 0.0222. The molecule has 4 heterocycles. The van der Waals surface area contributed by atoms with Gasteiger partial charge in [0, 0.05) is 29.3 Å². The summed E-state index contributed by atoms with van der Waals surface area (Å²) in [5.74, 6) is -0.0114. The molecule has 4 amide bonds. The van der Waals surface area contributed by atoms with E-state index in [0.717, 1.165) is 32.1 Å². The van der Waals surface area contributed by atoms with Crippen LogP contribution in [0, 0.1) is 0 Å². The summed E-state index contributed by atoms with van der Waals surface area (Å²) in [5.41, 5.74) is 0.562. The quantitative estimate of drug-likeness (QED) is 0.712. The second kappa shape index (κ2) is 7.81. The van der Waals surface area contributed by atoms with Gasteiger partial charge >= 0.3 is 6.03 Å². The van der Waals surface area contributed by atoms with Gasteiger partial charge in [-0.05, 0) is 54.1 Å². The molecule has 8 heteroatoms. The van der Waals surface area contributed by atoms with Gasteiger partial charge in [-0.1, -0.05) is 18.9 Å². The van der Waals surface area contributed by atoms with Gasteiger partial charge in [0.15, 0.2) is 0 Å². The maximum atomic E-state index is 13.2. The Morgan fingerprint density at radius 1 is 1.17 bits per heavy atom. The van der Waals surface area contributed by atoms with Gasteiger partial charge in [-0.3, -0.25) is 14.5 Å². The predicted molar refractivity (Wildman–Crippen MR) is 117 cm³/mol. The fourth-order valence-electron chi connectivity index (χ4n) is 5.07. The van der Waals surface area contributed by atoms with Gasteiger partial charge in [0.05, 0.1) is 6.04 Å². The zero-order valence-corrected chi connectivity index (χ0v) is 18.4. The second-order valence-electron chi connectivity index (χ2n) is 8.33. The summed E-state index contributed by atoms with van der Waals surface area (Å²) < 4.78 is 0. The van der Waals surface area contributed by atoms with Crippen LogP contribution in [-0.4, -0.2) is 46.3 Å². The van der Waals surface area contributed by atoms with E-state index in [4.69, 9.17) is 0 Å². The molecule has 6 nitrogen and oxygen atoms in total. The van der Waals surface area contributed by atoms with Gasteiger partial charge in [-0.25, -0.2) is 4.79 Å². The Morgan fingerprint density at radius 2 is 2.00 bits per heavy atom. The number of nitrogens with zero attached hydrogens (tertiary/aromatic N) is 2. The summed E-state index contributed by atoms with van der Waals surface area (Å²) in [4.78, 5) is 44.1. The molecule has 30 heavy (non-hydrogen) atoms. The third-order valence-electron chi connectivity index (χ3n) is 6.57. The van der Waals surface area contributed by atoms with Crippen molar-refractivity contribution >= 4 is 40.5 Å². The molecule has 2 fully saturated rings. The highest BCUT2D eigenvalue weighted by molar-refractivity contribution is 7.10. The van der Waals surface area contributed by atoms with E-state index >= 15 is 0 Å². The lowest BCUT2D eigenvalue weighted by atomic mass is 9.97. The molecule has 0 radical (unpaired) electrons. The molecule has 3 aliphatic rings. The third kappa shape index (κ3) is 3.26. The predicted octanol–water partition coefficient (Wildman–Crippen LogP) is 3.93. The number of carbonyl (C=O) groups is 3. The largest absolute Gasteiger partial charge is 0.330 e. The molecule has 2 aromatic heterocycles. The maximum absolute atomic E-state index is 13.2. The van der Waals surface area contributed by atoms with Crippen molar-refractivity contribution in [2.45, 2.75) is 56.5 Å². The molecule has 0 aromatic carbocycles. The number of amides is 4. The van der Waals surface area contributed by atoms with Crippen LogP contribution in [0.4, 0.5) is 4.79 Å². The molecule has 2 aliphatic heterocycles. The van der Waals surface area contributed by atoms with Crippen molar-refractivity contribution in [3.05, 3.63) is 44.3 Å². The van der Waals surface area contributed by atoms with E-state index < -0.39 is 5.54 Å². The van der Waals surface area contributed by atoms with Crippen molar-refractivity contribution < 1.29 is 14.4 Å². The normalized spacial score (nSPS) is 22.6. The van der Waals surface area contributed by atoms with Crippen LogP contribution in [0.1, 0.15) is 59.9 Å². The number of rotatable bonds is 5. The average molecular weight is 444 g/mol. The van der Waals surface area contributed by atoms with Crippen molar-refractivity contribution in [1.29, 1.82) is 0 Å². The molecule has 158 valence electrons. The highest BCUT2D eigenvalue weighted by atomic mass is 32.1. The Kier molecular flexibility index (Phi) is 5.14. The van der Waals surface area contributed by atoms with Gasteiger partial charge in [0.1, 0.15) is 5.54 Å². The Hall–Kier alpha value is -2.19. The maximum Gasteiger partial charge on any atom is 0.325 e. The Bertz CT molecular complexity index is 962. The van der Waals surface area contributed by atoms with Gasteiger partial charge in [0.25, 0.3) is 5.91 Å². The fourth-order valence-corrected chi connectivity index (χ4v) is 6.83. The Balaban J connectivity index is 1.24. The number of fused-ring (bicyclic) bond motifs is 1. The average Bonchev–Trinajstić information content (AvgIpc) is 3.53. The zero-order valence-electron chi connectivity index (χ0n) is 16.8. The Labute approximate surface area is 183 Å². The van der Waals surface area contributed by atoms with E-state index in [1.807, 2.05) is 11.0 Å². The first-order valence-electron chi connectivity index (χ1n) is 10.6. The van der Waals surface area contributed by atoms with Crippen LogP contribution in [0.25, 0.3) is 0 Å². The number of carbonyl (C=O) groups excluding carboxylic acids is 3. The first-order valence-corrected chi connectivity index (χ1v) is 12.4. The zero-order chi connectivity index (χ0) is 20.7. The van der Waals surface area contributed by atoms with E-state index in [0.29, 0.717) is 25.9 Å². The summed E-state index contributed by atoms with van der Waals surface area (Å²) in [6.45, 7) is 1.01. The van der Waals surface area contributed by atoms with E-state index in [1.54, 1.807) is 22.7 Å². The molecule has 1 N–H and O–H groups in total. The summed E-state index contributed by atoms with van der Waals surface area (Å²) in [5, 5.41) is 7.07. The molecule has 1 saturated heterocycles. The first-order chi connectivity index (χ1) is 14.6. The molecule has 0 unspecified atom stereocenters. The lowest BCUT2D eigenvalue weighted by molar-refractivity contribution is -0.134. The van der Waals surface area contributed by atoms with Crippen LogP contribution in [0.15, 0.2) is 29.0 Å². The SMILES string of the molecule is O=C1NC2(CCCC2)C(=O)N1CCCC(=O)N1CCc2sccc2[C@@H]1c1cccs1. The summed E-state index contributed by atoms with van der Waals surface area (Å²) in [6, 6.07) is 5.94. The van der Waals surface area contributed by atoms with Crippen LogP contribution in [0.2, 0.25) is 0 Å². The number of thiophene rings is 2. The van der Waals surface area contributed by atoms with Gasteiger partial charge in [-0.15, -0.1) is 22.7 Å². The lowest BCUT2D eigenvalue weighted by Crippen LogP contribution is -2.44. The standard InChI is InChI=1S/C22H25N3O3S2/c26-18(6-3-11-25-20(27)22(23-21(25)28)9-1-2-10-22)24-12-7-16-15(8-14-30-16)19(24)17-5-4-13-29-17/h4-5,8,13-14,19H,1-3,6-7,9-12H2,(H,23,28)/t19-/m1/s1. The van der Waals surface area contributed by atoms with Crippen LogP contribution in [0.5, 0.6) is 0 Å². The van der Waals surface area contributed by atoms with Crippen LogP contribution in [-0.2, 0) is 16.0 Å². The van der Waals surface area contributed by atoms with Gasteiger partial charge in [-0.2, -0.15) is 0 Å². The number of imide groups is 1. The molecular formula is C22H25N3O3S2. The van der Waals surface area contributed by atoms with E-state index in [1.165, 1.54) is 20.2 Å². The van der Waals surface area contributed by atoms with Crippen LogP contribution >= 0.6 is 22.7 Å². The number of urea groups is 1. The van der Waals surface area contributed by atoms with Crippen LogP contribution in [0.3, 0.4) is 0 Å². The first kappa shape index (κ1) is 19.8. The van der Waals surface area contributed by atoms with Crippen molar-refractivity contribution in [3.63, 3.8) is 0 Å². The summed E-state index contributed by atoms with van der Waals surface area (Å²) >= 11 is 3.44. The molecule has 2 aromatic rings. The molecule has 5 rings (SSSR count). The summed E-state index contributed by atoms with van der Waals surface area (Å²) in [7, 11) is 0. The minimum atomic E-state index is -0.673. The van der Waals surface area contributed by atoms with Crippen molar-refractivity contribution in [1.82, 2.24) is 15.1 Å². The van der Waals surface area contributed by atoms with Gasteiger partial charge < -0.3 is 10.2 Å². The van der Waals surface area contributed by atoms with E-state index in [-0.39, 0.29) is 23.9 Å². The fraction of sp³-hybridized carbons (Fsp3) is 0.500. The van der Waals surface area contributed by atoms with Crippen molar-refractivity contribution in [3.8, 4) is 0 Å². The van der Waals surface area contributed by atoms with E-state index in [2.05, 4.69) is 28.2 Å². The van der Waals surface area contributed by atoms with Gasteiger partial charge in [0.2, 0.25) is 5.91 Å². The second-order valence-corrected chi connectivity index (χ2v) is 10.3. The minimum Gasteiger partial charge on any atom is -0.330 e. The summed E-state index contributed by atoms with van der Waals surface area (Å²) in [6.07, 6.45) is 5.13. The monoisotopic (exact) mass is 443 g/mol. The van der Waals surface area contributed by atoms with Crippen LogP contribution < -0.4 is 5.32 Å². The number of hydrogen-bond donors (Lipinski definition) is 1. The van der Waals surface area contributed by atoms with Crippen molar-refractivity contribution in [2.75, 3.05) is 13.1 Å². The third-order valence-corrected chi connectivity index (χ3v) is 8.50.